The number of carbonyl (C=O) groups excluding carboxylic acids is 1. The molecule has 2 heteroatoms. The summed E-state index contributed by atoms with van der Waals surface area (Å²) in [6.45, 7) is 14.4. The lowest BCUT2D eigenvalue weighted by Crippen LogP contribution is -2.14. The van der Waals surface area contributed by atoms with E-state index in [1.54, 1.807) is 0 Å². The molecule has 0 N–H and O–H groups in total. The fourth-order valence-corrected chi connectivity index (χ4v) is 1.03. The van der Waals surface area contributed by atoms with Crippen LogP contribution in [0.2, 0.25) is 0 Å². The maximum atomic E-state index is 11.7. The number of allylic oxidation sites excluding steroid dienone is 2. The molecule has 0 rings (SSSR count). The van der Waals surface area contributed by atoms with Crippen LogP contribution >= 0.6 is 0 Å². The minimum Gasteiger partial charge on any atom is -0.498 e. The SMILES string of the molecule is CCO/C(=C/C(=O)C#CC(C)(C)C)C(C)(C)C. The van der Waals surface area contributed by atoms with Crippen LogP contribution in [0.5, 0.6) is 0 Å². The van der Waals surface area contributed by atoms with Gasteiger partial charge in [0.25, 0.3) is 0 Å². The van der Waals surface area contributed by atoms with Crippen LogP contribution in [0, 0.1) is 22.7 Å². The molecule has 0 atom stereocenters. The second-order valence-corrected chi connectivity index (χ2v) is 6.06. The molecule has 0 bridgehead atoms. The molecule has 0 aromatic heterocycles. The molecule has 0 aliphatic heterocycles. The second kappa shape index (κ2) is 5.91. The van der Waals surface area contributed by atoms with E-state index in [1.807, 2.05) is 48.5 Å². The maximum absolute atomic E-state index is 11.7. The molecule has 0 radical (unpaired) electrons. The number of carbonyl (C=O) groups is 1. The van der Waals surface area contributed by atoms with E-state index in [0.717, 1.165) is 0 Å². The van der Waals surface area contributed by atoms with Crippen molar-refractivity contribution < 1.29 is 9.53 Å². The highest BCUT2D eigenvalue weighted by Gasteiger charge is 2.19. The first-order valence-corrected chi connectivity index (χ1v) is 5.98. The molecular formula is C15H24O2. The normalized spacial score (nSPS) is 12.8. The lowest BCUT2D eigenvalue weighted by molar-refractivity contribution is -0.110. The van der Waals surface area contributed by atoms with E-state index in [1.165, 1.54) is 6.08 Å². The fourth-order valence-electron chi connectivity index (χ4n) is 1.03. The monoisotopic (exact) mass is 236 g/mol. The standard InChI is InChI=1S/C15H24O2/c1-8-17-13(15(5,6)7)11-12(16)9-10-14(2,3)4/h11H,8H2,1-7H3/b13-11+. The number of ether oxygens (including phenoxy) is 1. The Labute approximate surface area is 105 Å². The molecule has 0 fully saturated rings. The van der Waals surface area contributed by atoms with Crippen LogP contribution in [0.1, 0.15) is 48.5 Å². The van der Waals surface area contributed by atoms with E-state index in [-0.39, 0.29) is 16.6 Å². The second-order valence-electron chi connectivity index (χ2n) is 6.06. The van der Waals surface area contributed by atoms with Gasteiger partial charge >= 0.3 is 0 Å². The maximum Gasteiger partial charge on any atom is 0.232 e. The zero-order valence-electron chi connectivity index (χ0n) is 12.1. The van der Waals surface area contributed by atoms with Crippen molar-refractivity contribution >= 4 is 5.78 Å². The third-order valence-corrected chi connectivity index (χ3v) is 1.86. The Bertz CT molecular complexity index is 351. The first-order valence-electron chi connectivity index (χ1n) is 5.98. The number of rotatable bonds is 3. The smallest absolute Gasteiger partial charge is 0.232 e. The van der Waals surface area contributed by atoms with Crippen molar-refractivity contribution in [2.24, 2.45) is 10.8 Å². The van der Waals surface area contributed by atoms with Crippen LogP contribution < -0.4 is 0 Å². The van der Waals surface area contributed by atoms with Crippen LogP contribution in [0.4, 0.5) is 0 Å². The van der Waals surface area contributed by atoms with E-state index in [0.29, 0.717) is 12.4 Å². The zero-order valence-corrected chi connectivity index (χ0v) is 12.1. The van der Waals surface area contributed by atoms with E-state index in [2.05, 4.69) is 11.8 Å². The van der Waals surface area contributed by atoms with E-state index in [4.69, 9.17) is 4.74 Å². The van der Waals surface area contributed by atoms with Crippen molar-refractivity contribution in [3.8, 4) is 11.8 Å². The molecule has 2 nitrogen and oxygen atoms in total. The van der Waals surface area contributed by atoms with Gasteiger partial charge < -0.3 is 4.74 Å². The van der Waals surface area contributed by atoms with E-state index in [9.17, 15) is 4.79 Å². The molecule has 0 aliphatic rings. The first-order chi connectivity index (χ1) is 7.56. The molecule has 96 valence electrons. The van der Waals surface area contributed by atoms with Crippen molar-refractivity contribution in [2.75, 3.05) is 6.61 Å². The minimum atomic E-state index is -0.196. The highest BCUT2D eigenvalue weighted by molar-refractivity contribution is 6.04. The van der Waals surface area contributed by atoms with E-state index < -0.39 is 0 Å². The predicted molar refractivity (Wildman–Crippen MR) is 71.4 cm³/mol. The molecule has 0 aromatic carbocycles. The molecule has 0 amide bonds. The first kappa shape index (κ1) is 15.8. The lowest BCUT2D eigenvalue weighted by Gasteiger charge is -2.22. The van der Waals surface area contributed by atoms with Gasteiger partial charge in [0, 0.05) is 16.9 Å². The average molecular weight is 236 g/mol. The molecule has 0 saturated carbocycles. The van der Waals surface area contributed by atoms with Gasteiger partial charge in [0.15, 0.2) is 0 Å². The Morgan fingerprint density at radius 2 is 1.71 bits per heavy atom. The van der Waals surface area contributed by atoms with Crippen molar-refractivity contribution in [3.63, 3.8) is 0 Å². The molecule has 0 aromatic rings. The number of hydrogen-bond donors (Lipinski definition) is 0. The molecule has 0 saturated heterocycles. The predicted octanol–water partition coefficient (Wildman–Crippen LogP) is 3.57. The summed E-state index contributed by atoms with van der Waals surface area (Å²) in [6.07, 6.45) is 1.50. The third kappa shape index (κ3) is 7.63. The summed E-state index contributed by atoms with van der Waals surface area (Å²) in [6, 6.07) is 0. The summed E-state index contributed by atoms with van der Waals surface area (Å²) in [4.78, 5) is 11.7. The van der Waals surface area contributed by atoms with Gasteiger partial charge in [0.1, 0.15) is 5.76 Å². The van der Waals surface area contributed by atoms with Gasteiger partial charge in [-0.1, -0.05) is 26.7 Å². The molecule has 0 aliphatic carbocycles. The van der Waals surface area contributed by atoms with Gasteiger partial charge in [0.2, 0.25) is 5.78 Å². The average Bonchev–Trinajstić information content (AvgIpc) is 2.11. The van der Waals surface area contributed by atoms with Crippen LogP contribution in [-0.2, 0) is 9.53 Å². The highest BCUT2D eigenvalue weighted by atomic mass is 16.5. The number of hydrogen-bond acceptors (Lipinski definition) is 2. The summed E-state index contributed by atoms with van der Waals surface area (Å²) in [5.74, 6) is 6.05. The molecule has 0 heterocycles. The Hall–Kier alpha value is -1.23. The zero-order chi connectivity index (χ0) is 13.7. The van der Waals surface area contributed by atoms with Crippen molar-refractivity contribution in [3.05, 3.63) is 11.8 Å². The highest BCUT2D eigenvalue weighted by Crippen LogP contribution is 2.25. The Morgan fingerprint density at radius 1 is 1.18 bits per heavy atom. The Kier molecular flexibility index (Phi) is 5.48. The molecule has 17 heavy (non-hydrogen) atoms. The Morgan fingerprint density at radius 3 is 2.06 bits per heavy atom. The summed E-state index contributed by atoms with van der Waals surface area (Å²) in [5.41, 5.74) is -0.327. The topological polar surface area (TPSA) is 26.3 Å². The summed E-state index contributed by atoms with van der Waals surface area (Å²) in [5, 5.41) is 0. The Balaban J connectivity index is 4.95. The van der Waals surface area contributed by atoms with Crippen LogP contribution in [0.15, 0.2) is 11.8 Å². The molecule has 0 unspecified atom stereocenters. The van der Waals surface area contributed by atoms with Gasteiger partial charge in [-0.25, -0.2) is 0 Å². The van der Waals surface area contributed by atoms with Gasteiger partial charge in [0.05, 0.1) is 6.61 Å². The summed E-state index contributed by atoms with van der Waals surface area (Å²) >= 11 is 0. The van der Waals surface area contributed by atoms with E-state index >= 15 is 0 Å². The van der Waals surface area contributed by atoms with Gasteiger partial charge in [-0.05, 0) is 33.6 Å². The molecule has 0 spiro atoms. The van der Waals surface area contributed by atoms with Crippen LogP contribution in [0.25, 0.3) is 0 Å². The van der Waals surface area contributed by atoms with Crippen molar-refractivity contribution in [1.82, 2.24) is 0 Å². The van der Waals surface area contributed by atoms with Gasteiger partial charge in [-0.3, -0.25) is 4.79 Å². The fraction of sp³-hybridized carbons (Fsp3) is 0.667. The van der Waals surface area contributed by atoms with Crippen LogP contribution in [0.3, 0.4) is 0 Å². The quantitative estimate of drug-likeness (QED) is 0.324. The number of ketones is 1. The molecular weight excluding hydrogens is 212 g/mol. The van der Waals surface area contributed by atoms with Crippen molar-refractivity contribution in [2.45, 2.75) is 48.5 Å². The minimum absolute atomic E-state index is 0.156. The van der Waals surface area contributed by atoms with Crippen molar-refractivity contribution in [1.29, 1.82) is 0 Å². The lowest BCUT2D eigenvalue weighted by atomic mass is 9.92. The largest absolute Gasteiger partial charge is 0.498 e. The van der Waals surface area contributed by atoms with Gasteiger partial charge in [-0.15, -0.1) is 0 Å². The van der Waals surface area contributed by atoms with Crippen LogP contribution in [-0.4, -0.2) is 12.4 Å². The summed E-state index contributed by atoms with van der Waals surface area (Å²) < 4.78 is 5.48. The summed E-state index contributed by atoms with van der Waals surface area (Å²) in [7, 11) is 0. The third-order valence-electron chi connectivity index (χ3n) is 1.86. The van der Waals surface area contributed by atoms with Gasteiger partial charge in [-0.2, -0.15) is 0 Å².